The summed E-state index contributed by atoms with van der Waals surface area (Å²) in [6.45, 7) is 10.9. The predicted molar refractivity (Wildman–Crippen MR) is 115 cm³/mol. The SMILES string of the molecule is CCCCP(=O)(CCCC)OCCC(C)OP(=O)(CCCC)CCCC. The van der Waals surface area contributed by atoms with Crippen molar-refractivity contribution in [3.05, 3.63) is 0 Å². The summed E-state index contributed by atoms with van der Waals surface area (Å²) < 4.78 is 37.9. The van der Waals surface area contributed by atoms with Crippen LogP contribution in [0.1, 0.15) is 92.4 Å². The Morgan fingerprint density at radius 3 is 1.46 bits per heavy atom. The van der Waals surface area contributed by atoms with Crippen LogP contribution in [0.5, 0.6) is 0 Å². The minimum absolute atomic E-state index is 0.111. The fourth-order valence-corrected chi connectivity index (χ4v) is 8.13. The minimum atomic E-state index is -2.55. The van der Waals surface area contributed by atoms with Crippen LogP contribution >= 0.6 is 14.7 Å². The van der Waals surface area contributed by atoms with Crippen LogP contribution in [0.15, 0.2) is 0 Å². The van der Waals surface area contributed by atoms with Crippen LogP contribution in [0.25, 0.3) is 0 Å². The first kappa shape index (κ1) is 26.4. The average molecular weight is 411 g/mol. The van der Waals surface area contributed by atoms with Crippen molar-refractivity contribution < 1.29 is 18.2 Å². The molecule has 0 amide bonds. The summed E-state index contributed by atoms with van der Waals surface area (Å²) in [5, 5.41) is 0. The van der Waals surface area contributed by atoms with E-state index in [4.69, 9.17) is 9.05 Å². The van der Waals surface area contributed by atoms with Gasteiger partial charge in [-0.1, -0.05) is 53.4 Å². The molecule has 0 heterocycles. The molecule has 6 heteroatoms. The van der Waals surface area contributed by atoms with E-state index in [1.54, 1.807) is 0 Å². The first-order valence-electron chi connectivity index (χ1n) is 10.8. The van der Waals surface area contributed by atoms with E-state index in [9.17, 15) is 9.13 Å². The molecule has 0 aromatic heterocycles. The molecule has 1 atom stereocenters. The fraction of sp³-hybridized carbons (Fsp3) is 1.00. The number of unbranched alkanes of at least 4 members (excludes halogenated alkanes) is 4. The van der Waals surface area contributed by atoms with Crippen molar-refractivity contribution in [1.82, 2.24) is 0 Å². The van der Waals surface area contributed by atoms with Crippen molar-refractivity contribution in [2.45, 2.75) is 98.5 Å². The van der Waals surface area contributed by atoms with E-state index in [-0.39, 0.29) is 6.10 Å². The minimum Gasteiger partial charge on any atom is -0.328 e. The summed E-state index contributed by atoms with van der Waals surface area (Å²) >= 11 is 0. The molecule has 4 nitrogen and oxygen atoms in total. The molecule has 0 aromatic carbocycles. The molecule has 0 spiro atoms. The smallest absolute Gasteiger partial charge is 0.203 e. The van der Waals surface area contributed by atoms with E-state index in [0.717, 1.165) is 51.4 Å². The van der Waals surface area contributed by atoms with Gasteiger partial charge in [0.25, 0.3) is 0 Å². The van der Waals surface area contributed by atoms with Gasteiger partial charge in [0.1, 0.15) is 0 Å². The molecule has 0 rings (SSSR count). The molecule has 0 N–H and O–H groups in total. The standard InChI is InChI=1S/C20H44O4P2/c1-6-10-16-25(21,17-11-7-2)23-15-14-20(5)24-26(22,18-12-8-3)19-13-9-4/h20H,6-19H2,1-5H3. The van der Waals surface area contributed by atoms with Gasteiger partial charge in [-0.3, -0.25) is 9.13 Å². The van der Waals surface area contributed by atoms with Crippen molar-refractivity contribution >= 4 is 14.7 Å². The molecular weight excluding hydrogens is 366 g/mol. The lowest BCUT2D eigenvalue weighted by molar-refractivity contribution is 0.179. The van der Waals surface area contributed by atoms with Gasteiger partial charge in [-0.05, 0) is 39.0 Å². The third kappa shape index (κ3) is 12.7. The summed E-state index contributed by atoms with van der Waals surface area (Å²) in [6.07, 6.45) is 11.2. The first-order chi connectivity index (χ1) is 12.3. The Hall–Kier alpha value is 0.380. The first-order valence-corrected chi connectivity index (χ1v) is 14.8. The van der Waals surface area contributed by atoms with Gasteiger partial charge in [-0.25, -0.2) is 0 Å². The monoisotopic (exact) mass is 410 g/mol. The predicted octanol–water partition coefficient (Wildman–Crippen LogP) is 7.55. The molecule has 0 saturated heterocycles. The zero-order chi connectivity index (χ0) is 19.9. The second kappa shape index (κ2) is 15.3. The Balaban J connectivity index is 4.50. The molecule has 26 heavy (non-hydrogen) atoms. The second-order valence-electron chi connectivity index (χ2n) is 7.48. The van der Waals surface area contributed by atoms with E-state index in [2.05, 4.69) is 27.7 Å². The molecule has 0 aliphatic carbocycles. The molecular formula is C20H44O4P2. The van der Waals surface area contributed by atoms with E-state index in [1.165, 1.54) is 0 Å². The van der Waals surface area contributed by atoms with Gasteiger partial charge in [-0.15, -0.1) is 0 Å². The summed E-state index contributed by atoms with van der Waals surface area (Å²) in [4.78, 5) is 0. The van der Waals surface area contributed by atoms with Crippen molar-refractivity contribution in [3.8, 4) is 0 Å². The van der Waals surface area contributed by atoms with Gasteiger partial charge < -0.3 is 9.05 Å². The Morgan fingerprint density at radius 2 is 1.08 bits per heavy atom. The van der Waals surface area contributed by atoms with Gasteiger partial charge in [0.2, 0.25) is 14.7 Å². The molecule has 0 aliphatic heterocycles. The summed E-state index contributed by atoms with van der Waals surface area (Å²) in [6, 6.07) is 0. The highest BCUT2D eigenvalue weighted by molar-refractivity contribution is 7.59. The van der Waals surface area contributed by atoms with Crippen LogP contribution in [0.3, 0.4) is 0 Å². The maximum Gasteiger partial charge on any atom is 0.203 e. The fourth-order valence-electron chi connectivity index (χ4n) is 2.82. The normalized spacial score (nSPS) is 13.9. The van der Waals surface area contributed by atoms with Crippen LogP contribution in [-0.4, -0.2) is 37.4 Å². The summed E-state index contributed by atoms with van der Waals surface area (Å²) in [7, 11) is -5.07. The lowest BCUT2D eigenvalue weighted by Gasteiger charge is -2.24. The average Bonchev–Trinajstić information content (AvgIpc) is 2.61. The maximum absolute atomic E-state index is 13.1. The highest BCUT2D eigenvalue weighted by Gasteiger charge is 2.26. The quantitative estimate of drug-likeness (QED) is 0.219. The van der Waals surface area contributed by atoms with Crippen molar-refractivity contribution in [3.63, 3.8) is 0 Å². The summed E-state index contributed by atoms with van der Waals surface area (Å²) in [5.41, 5.74) is 0. The molecule has 0 radical (unpaired) electrons. The molecule has 0 aromatic rings. The van der Waals surface area contributed by atoms with Crippen molar-refractivity contribution in [2.75, 3.05) is 31.3 Å². The maximum atomic E-state index is 13.1. The van der Waals surface area contributed by atoms with E-state index < -0.39 is 14.7 Å². The van der Waals surface area contributed by atoms with Crippen LogP contribution in [0.4, 0.5) is 0 Å². The van der Waals surface area contributed by atoms with Crippen LogP contribution in [0, 0.1) is 0 Å². The van der Waals surface area contributed by atoms with Crippen LogP contribution in [0.2, 0.25) is 0 Å². The Morgan fingerprint density at radius 1 is 0.692 bits per heavy atom. The topological polar surface area (TPSA) is 52.6 Å². The van der Waals surface area contributed by atoms with Gasteiger partial charge in [-0.2, -0.15) is 0 Å². The van der Waals surface area contributed by atoms with E-state index in [0.29, 0.717) is 37.7 Å². The molecule has 0 fully saturated rings. The third-order valence-corrected chi connectivity index (χ3v) is 10.0. The molecule has 1 unspecified atom stereocenters. The Kier molecular flexibility index (Phi) is 15.5. The van der Waals surface area contributed by atoms with Gasteiger partial charge >= 0.3 is 0 Å². The number of hydrogen-bond acceptors (Lipinski definition) is 4. The largest absolute Gasteiger partial charge is 0.328 e. The Bertz CT molecular complexity index is 402. The van der Waals surface area contributed by atoms with E-state index >= 15 is 0 Å². The van der Waals surface area contributed by atoms with Crippen molar-refractivity contribution in [1.29, 1.82) is 0 Å². The highest BCUT2D eigenvalue weighted by Crippen LogP contribution is 2.51. The third-order valence-electron chi connectivity index (χ3n) is 4.63. The van der Waals surface area contributed by atoms with Crippen LogP contribution in [-0.2, 0) is 18.2 Å². The lowest BCUT2D eigenvalue weighted by atomic mass is 10.3. The molecule has 0 bridgehead atoms. The Labute approximate surface area is 163 Å². The number of rotatable bonds is 18. The van der Waals surface area contributed by atoms with Gasteiger partial charge in [0.05, 0.1) is 12.7 Å². The van der Waals surface area contributed by atoms with Gasteiger partial charge in [0, 0.05) is 24.6 Å². The van der Waals surface area contributed by atoms with Crippen molar-refractivity contribution in [2.24, 2.45) is 0 Å². The molecule has 0 saturated carbocycles. The van der Waals surface area contributed by atoms with E-state index in [1.807, 2.05) is 6.92 Å². The zero-order valence-corrected chi connectivity index (χ0v) is 19.8. The van der Waals surface area contributed by atoms with Gasteiger partial charge in [0.15, 0.2) is 0 Å². The lowest BCUT2D eigenvalue weighted by Crippen LogP contribution is -2.13. The number of hydrogen-bond donors (Lipinski definition) is 0. The molecule has 158 valence electrons. The molecule has 0 aliphatic rings. The second-order valence-corrected chi connectivity index (χ2v) is 13.0. The van der Waals surface area contributed by atoms with Crippen LogP contribution < -0.4 is 0 Å². The zero-order valence-electron chi connectivity index (χ0n) is 18.0. The highest BCUT2D eigenvalue weighted by atomic mass is 31.2. The summed E-state index contributed by atoms with van der Waals surface area (Å²) in [5.74, 6) is 0.